The van der Waals surface area contributed by atoms with Gasteiger partial charge in [0.05, 0.1) is 18.3 Å². The highest BCUT2D eigenvalue weighted by Crippen LogP contribution is 2.21. The van der Waals surface area contributed by atoms with Gasteiger partial charge in [0.25, 0.3) is 0 Å². The molecular formula is C28H42N4O4. The number of para-hydroxylation sites is 1. The molecule has 2 rings (SSSR count). The van der Waals surface area contributed by atoms with Crippen molar-refractivity contribution in [2.24, 2.45) is 0 Å². The molecule has 1 aromatic carbocycles. The molecule has 1 aliphatic rings. The number of rotatable bonds is 13. The summed E-state index contributed by atoms with van der Waals surface area (Å²) in [5, 5.41) is 9.38. The first kappa shape index (κ1) is 30.8. The molecule has 0 aliphatic carbocycles. The minimum Gasteiger partial charge on any atom is -0.465 e. The summed E-state index contributed by atoms with van der Waals surface area (Å²) in [6.45, 7) is 9.28. The molecule has 1 fully saturated rings. The molecule has 2 amide bonds. The van der Waals surface area contributed by atoms with Crippen LogP contribution >= 0.6 is 0 Å². The van der Waals surface area contributed by atoms with Crippen LogP contribution < -0.4 is 15.4 Å². The summed E-state index contributed by atoms with van der Waals surface area (Å²) in [5.74, 6) is 0.525. The Morgan fingerprint density at radius 3 is 2.50 bits per heavy atom. The van der Waals surface area contributed by atoms with Gasteiger partial charge in [-0.15, -0.1) is 0 Å². The minimum absolute atomic E-state index is 0.0385. The van der Waals surface area contributed by atoms with E-state index in [4.69, 9.17) is 4.74 Å². The number of hydrazine groups is 1. The Hall–Kier alpha value is -3.23. The summed E-state index contributed by atoms with van der Waals surface area (Å²) in [7, 11) is 3.63. The normalized spacial score (nSPS) is 17.3. The van der Waals surface area contributed by atoms with Crippen molar-refractivity contribution in [3.05, 3.63) is 68.0 Å². The Morgan fingerprint density at radius 2 is 1.92 bits per heavy atom. The maximum atomic E-state index is 12.8. The van der Waals surface area contributed by atoms with Gasteiger partial charge in [-0.25, -0.2) is 5.01 Å². The van der Waals surface area contributed by atoms with Gasteiger partial charge in [0, 0.05) is 26.1 Å². The van der Waals surface area contributed by atoms with Crippen molar-refractivity contribution < 1.29 is 19.1 Å². The van der Waals surface area contributed by atoms with Crippen LogP contribution in [0.4, 0.5) is 0 Å². The third-order valence-electron chi connectivity index (χ3n) is 5.96. The van der Waals surface area contributed by atoms with Gasteiger partial charge >= 0.3 is 0 Å². The molecule has 1 unspecified atom stereocenters. The first-order valence-corrected chi connectivity index (χ1v) is 12.5. The number of carbonyl (C=O) groups is 3. The van der Waals surface area contributed by atoms with Crippen molar-refractivity contribution in [3.63, 3.8) is 0 Å². The van der Waals surface area contributed by atoms with E-state index in [1.165, 1.54) is 0 Å². The number of nitrogens with zero attached hydrogens (tertiary/aromatic N) is 2. The van der Waals surface area contributed by atoms with E-state index in [2.05, 4.69) is 23.8 Å². The van der Waals surface area contributed by atoms with Gasteiger partial charge in [-0.3, -0.25) is 14.6 Å². The van der Waals surface area contributed by atoms with Gasteiger partial charge in [0.2, 0.25) is 11.8 Å². The Labute approximate surface area is 216 Å². The summed E-state index contributed by atoms with van der Waals surface area (Å²) in [4.78, 5) is 36.4. The van der Waals surface area contributed by atoms with Crippen LogP contribution in [-0.4, -0.2) is 66.9 Å². The van der Waals surface area contributed by atoms with Gasteiger partial charge in [-0.1, -0.05) is 50.4 Å². The summed E-state index contributed by atoms with van der Waals surface area (Å²) < 4.78 is 5.60. The predicted octanol–water partition coefficient (Wildman–Crippen LogP) is 3.63. The molecule has 8 heteroatoms. The van der Waals surface area contributed by atoms with Gasteiger partial charge in [-0.2, -0.15) is 0 Å². The van der Waals surface area contributed by atoms with Crippen LogP contribution in [0.3, 0.4) is 0 Å². The molecule has 0 spiro atoms. The van der Waals surface area contributed by atoms with E-state index in [0.717, 1.165) is 25.0 Å². The number of allylic oxidation sites excluding steroid dienone is 2. The number of amides is 2. The van der Waals surface area contributed by atoms with E-state index in [1.807, 2.05) is 55.4 Å². The molecular weight excluding hydrogens is 456 g/mol. The monoisotopic (exact) mass is 498 g/mol. The number of nitrogens with one attached hydrogen (secondary N) is 2. The van der Waals surface area contributed by atoms with Crippen molar-refractivity contribution >= 4 is 18.1 Å². The lowest BCUT2D eigenvalue weighted by molar-refractivity contribution is -0.156. The summed E-state index contributed by atoms with van der Waals surface area (Å²) in [6, 6.07) is 8.76. The Bertz CT molecular complexity index is 833. The number of hydrogen-bond acceptors (Lipinski definition) is 6. The second-order valence-corrected chi connectivity index (χ2v) is 8.44. The van der Waals surface area contributed by atoms with Crippen molar-refractivity contribution in [1.29, 1.82) is 0 Å². The SMILES string of the molecule is C=CC=C.CCC(NC)C(=O)N[C@H](C=O)CCC(=O)N1CCC[C@@H](C/C=C/Oc2ccccc2)N1C. The highest BCUT2D eigenvalue weighted by Gasteiger charge is 2.29. The lowest BCUT2D eigenvalue weighted by atomic mass is 10.0. The molecule has 8 nitrogen and oxygen atoms in total. The van der Waals surface area contributed by atoms with Crippen LogP contribution in [0.2, 0.25) is 0 Å². The van der Waals surface area contributed by atoms with Crippen LogP contribution in [0.15, 0.2) is 68.0 Å². The third kappa shape index (κ3) is 11.0. The zero-order chi connectivity index (χ0) is 26.8. The minimum atomic E-state index is -0.669. The van der Waals surface area contributed by atoms with Gasteiger partial charge in [0.1, 0.15) is 12.0 Å². The van der Waals surface area contributed by atoms with Gasteiger partial charge in [-0.05, 0) is 57.4 Å². The van der Waals surface area contributed by atoms with Crippen LogP contribution in [0, 0.1) is 0 Å². The van der Waals surface area contributed by atoms with Crippen molar-refractivity contribution in [2.45, 2.75) is 63.6 Å². The Kier molecular flexibility index (Phi) is 15.5. The second-order valence-electron chi connectivity index (χ2n) is 8.44. The molecule has 2 N–H and O–H groups in total. The standard InChI is InChI=1S/C24H36N4O4.C4H6/c1-4-22(25-2)24(31)26-19(18-29)14-15-23(30)28-16-8-10-20(27(28)3)11-9-17-32-21-12-6-5-7-13-21;1-3-4-2/h5-7,9,12-13,17-20,22,25H,4,8,10-11,14-16H2,1-3H3,(H,26,31);3-4H,1-2H2/b17-9+;/t19-,20-,22?;/m0./s1. The zero-order valence-electron chi connectivity index (χ0n) is 21.9. The molecule has 0 radical (unpaired) electrons. The molecule has 36 heavy (non-hydrogen) atoms. The van der Waals surface area contributed by atoms with Gasteiger partial charge in [0.15, 0.2) is 0 Å². The number of ether oxygens (including phenoxy) is 1. The fourth-order valence-electron chi connectivity index (χ4n) is 3.81. The first-order valence-electron chi connectivity index (χ1n) is 12.5. The number of likely N-dealkylation sites (N-methyl/N-ethyl adjacent to an activating group) is 1. The summed E-state index contributed by atoms with van der Waals surface area (Å²) in [6.07, 6.45) is 11.4. The van der Waals surface area contributed by atoms with Crippen LogP contribution in [0.1, 0.15) is 45.4 Å². The van der Waals surface area contributed by atoms with Gasteiger partial charge < -0.3 is 20.2 Å². The lowest BCUT2D eigenvalue weighted by Crippen LogP contribution is -2.53. The van der Waals surface area contributed by atoms with Crippen molar-refractivity contribution in [2.75, 3.05) is 20.6 Å². The fourth-order valence-corrected chi connectivity index (χ4v) is 3.81. The average Bonchev–Trinajstić information content (AvgIpc) is 2.91. The van der Waals surface area contributed by atoms with E-state index in [0.29, 0.717) is 19.3 Å². The zero-order valence-corrected chi connectivity index (χ0v) is 21.9. The highest BCUT2D eigenvalue weighted by atomic mass is 16.5. The maximum absolute atomic E-state index is 12.8. The topological polar surface area (TPSA) is 91.0 Å². The Morgan fingerprint density at radius 1 is 1.22 bits per heavy atom. The number of benzene rings is 1. The molecule has 0 saturated carbocycles. The van der Waals surface area contributed by atoms with Crippen molar-refractivity contribution in [1.82, 2.24) is 20.7 Å². The molecule has 1 heterocycles. The van der Waals surface area contributed by atoms with E-state index >= 15 is 0 Å². The predicted molar refractivity (Wildman–Crippen MR) is 144 cm³/mol. The first-order chi connectivity index (χ1) is 17.4. The summed E-state index contributed by atoms with van der Waals surface area (Å²) in [5.41, 5.74) is 0. The summed E-state index contributed by atoms with van der Waals surface area (Å²) >= 11 is 0. The maximum Gasteiger partial charge on any atom is 0.237 e. The largest absolute Gasteiger partial charge is 0.465 e. The van der Waals surface area contributed by atoms with Crippen LogP contribution in [0.5, 0.6) is 5.75 Å². The Balaban J connectivity index is 0.00000150. The molecule has 0 aromatic heterocycles. The molecule has 1 saturated heterocycles. The highest BCUT2D eigenvalue weighted by molar-refractivity contribution is 5.84. The van der Waals surface area contributed by atoms with Crippen LogP contribution in [-0.2, 0) is 14.4 Å². The molecule has 0 bridgehead atoms. The van der Waals surface area contributed by atoms with E-state index in [-0.39, 0.29) is 36.7 Å². The smallest absolute Gasteiger partial charge is 0.237 e. The average molecular weight is 499 g/mol. The fraction of sp³-hybridized carbons (Fsp3) is 0.464. The quantitative estimate of drug-likeness (QED) is 0.245. The molecule has 3 atom stereocenters. The lowest BCUT2D eigenvalue weighted by Gasteiger charge is -2.42. The molecule has 198 valence electrons. The van der Waals surface area contributed by atoms with Crippen molar-refractivity contribution in [3.8, 4) is 5.75 Å². The number of hydrogen-bond donors (Lipinski definition) is 2. The van der Waals surface area contributed by atoms with E-state index < -0.39 is 6.04 Å². The number of carbonyl (C=O) groups excluding carboxylic acids is 3. The van der Waals surface area contributed by atoms with Crippen LogP contribution in [0.25, 0.3) is 0 Å². The van der Waals surface area contributed by atoms with E-state index in [1.54, 1.807) is 30.5 Å². The van der Waals surface area contributed by atoms with E-state index in [9.17, 15) is 14.4 Å². The molecule has 1 aromatic rings. The number of aldehydes is 1. The molecule has 1 aliphatic heterocycles. The second kappa shape index (κ2) is 18.1. The third-order valence-corrected chi connectivity index (χ3v) is 5.96.